The summed E-state index contributed by atoms with van der Waals surface area (Å²) in [5, 5.41) is 20.6. The molecule has 5 nitrogen and oxygen atoms in total. The van der Waals surface area contributed by atoms with Gasteiger partial charge in [0.15, 0.2) is 0 Å². The number of aromatic carboxylic acids is 1. The van der Waals surface area contributed by atoms with Crippen molar-refractivity contribution in [3.63, 3.8) is 0 Å². The van der Waals surface area contributed by atoms with Gasteiger partial charge in [-0.25, -0.2) is 4.79 Å². The van der Waals surface area contributed by atoms with Gasteiger partial charge in [-0.2, -0.15) is 5.26 Å². The molecule has 0 amide bonds. The molecule has 0 spiro atoms. The third-order valence-corrected chi connectivity index (χ3v) is 2.95. The van der Waals surface area contributed by atoms with Gasteiger partial charge in [-0.05, 0) is 30.7 Å². The van der Waals surface area contributed by atoms with Crippen LogP contribution in [0.3, 0.4) is 0 Å². The monoisotopic (exact) mass is 270 g/mol. The Balaban J connectivity index is 2.01. The van der Waals surface area contributed by atoms with E-state index in [0.717, 1.165) is 16.8 Å². The summed E-state index contributed by atoms with van der Waals surface area (Å²) in [7, 11) is 0. The van der Waals surface area contributed by atoms with Crippen molar-refractivity contribution in [3.05, 3.63) is 53.0 Å². The minimum Gasteiger partial charge on any atom is -0.475 e. The first kappa shape index (κ1) is 13.7. The topological polar surface area (TPSA) is 86.3 Å². The third-order valence-electron chi connectivity index (χ3n) is 2.95. The molecular weight excluding hydrogens is 256 g/mol. The molecule has 2 rings (SSSR count). The van der Waals surface area contributed by atoms with Gasteiger partial charge in [0, 0.05) is 17.8 Å². The average molecular weight is 270 g/mol. The van der Waals surface area contributed by atoms with Crippen LogP contribution in [0.15, 0.2) is 34.7 Å². The molecular formula is C15H14N2O3. The smallest absolute Gasteiger partial charge is 0.371 e. The van der Waals surface area contributed by atoms with E-state index in [-0.39, 0.29) is 5.76 Å². The molecule has 1 aromatic heterocycles. The zero-order chi connectivity index (χ0) is 14.5. The summed E-state index contributed by atoms with van der Waals surface area (Å²) < 4.78 is 5.14. The molecule has 2 N–H and O–H groups in total. The van der Waals surface area contributed by atoms with Gasteiger partial charge in [0.2, 0.25) is 5.76 Å². The minimum absolute atomic E-state index is 0.0522. The maximum atomic E-state index is 10.8. The van der Waals surface area contributed by atoms with Crippen LogP contribution in [0.25, 0.3) is 0 Å². The number of rotatable bonds is 5. The van der Waals surface area contributed by atoms with E-state index in [4.69, 9.17) is 14.8 Å². The second kappa shape index (κ2) is 5.93. The molecule has 2 aromatic rings. The molecule has 1 heterocycles. The molecule has 0 saturated heterocycles. The lowest BCUT2D eigenvalue weighted by molar-refractivity contribution is 0.0661. The number of nitrogens with zero attached hydrogens (tertiary/aromatic N) is 1. The van der Waals surface area contributed by atoms with Gasteiger partial charge < -0.3 is 14.8 Å². The minimum atomic E-state index is -1.07. The number of carboxylic acid groups (broad SMARTS) is 1. The maximum Gasteiger partial charge on any atom is 0.371 e. The maximum absolute atomic E-state index is 10.8. The second-order valence-corrected chi connectivity index (χ2v) is 4.38. The molecule has 1 aromatic carbocycles. The van der Waals surface area contributed by atoms with Crippen molar-refractivity contribution in [1.82, 2.24) is 0 Å². The Hall–Kier alpha value is -2.74. The fourth-order valence-electron chi connectivity index (χ4n) is 1.83. The van der Waals surface area contributed by atoms with Gasteiger partial charge in [-0.3, -0.25) is 0 Å². The van der Waals surface area contributed by atoms with Crippen LogP contribution < -0.4 is 5.32 Å². The number of nitrogens with one attached hydrogen (secondary N) is 1. The standard InChI is InChI=1S/C15H14N2O3/c1-10-12(8-14(20-10)15(18)19)9-17-13-4-2-11(3-5-13)6-7-16/h2-5,8,17H,6,9H2,1H3,(H,18,19). The van der Waals surface area contributed by atoms with E-state index < -0.39 is 5.97 Å². The number of aryl methyl sites for hydroxylation is 1. The van der Waals surface area contributed by atoms with Crippen molar-refractivity contribution in [2.24, 2.45) is 0 Å². The Morgan fingerprint density at radius 1 is 1.40 bits per heavy atom. The molecule has 0 aliphatic rings. The van der Waals surface area contributed by atoms with Crippen molar-refractivity contribution >= 4 is 11.7 Å². The van der Waals surface area contributed by atoms with Crippen molar-refractivity contribution in [3.8, 4) is 6.07 Å². The van der Waals surface area contributed by atoms with Crippen molar-refractivity contribution in [2.75, 3.05) is 5.32 Å². The second-order valence-electron chi connectivity index (χ2n) is 4.38. The van der Waals surface area contributed by atoms with E-state index in [1.807, 2.05) is 24.3 Å². The van der Waals surface area contributed by atoms with Crippen molar-refractivity contribution < 1.29 is 14.3 Å². The molecule has 0 radical (unpaired) electrons. The van der Waals surface area contributed by atoms with E-state index in [1.54, 1.807) is 6.92 Å². The molecule has 5 heteroatoms. The van der Waals surface area contributed by atoms with Gasteiger partial charge in [-0.1, -0.05) is 12.1 Å². The highest BCUT2D eigenvalue weighted by molar-refractivity contribution is 5.84. The van der Waals surface area contributed by atoms with Crippen LogP contribution in [0.2, 0.25) is 0 Å². The number of carboxylic acids is 1. The lowest BCUT2D eigenvalue weighted by atomic mass is 10.1. The van der Waals surface area contributed by atoms with Gasteiger partial charge in [0.05, 0.1) is 12.5 Å². The molecule has 0 unspecified atom stereocenters. The van der Waals surface area contributed by atoms with Crippen molar-refractivity contribution in [1.29, 1.82) is 5.26 Å². The lowest BCUT2D eigenvalue weighted by Crippen LogP contribution is -1.99. The summed E-state index contributed by atoms with van der Waals surface area (Å²) in [6, 6.07) is 11.2. The first-order chi connectivity index (χ1) is 9.60. The Morgan fingerprint density at radius 3 is 2.65 bits per heavy atom. The summed E-state index contributed by atoms with van der Waals surface area (Å²) in [6.07, 6.45) is 0.392. The fourth-order valence-corrected chi connectivity index (χ4v) is 1.83. The van der Waals surface area contributed by atoms with Crippen molar-refractivity contribution in [2.45, 2.75) is 19.9 Å². The molecule has 0 saturated carbocycles. The zero-order valence-corrected chi connectivity index (χ0v) is 11.0. The number of nitriles is 1. The summed E-state index contributed by atoms with van der Waals surface area (Å²) in [5.74, 6) is -0.528. The molecule has 0 atom stereocenters. The number of anilines is 1. The Kier molecular flexibility index (Phi) is 4.06. The fraction of sp³-hybridized carbons (Fsp3) is 0.200. The molecule has 0 bridgehead atoms. The van der Waals surface area contributed by atoms with E-state index >= 15 is 0 Å². The predicted molar refractivity (Wildman–Crippen MR) is 73.5 cm³/mol. The first-order valence-corrected chi connectivity index (χ1v) is 6.12. The SMILES string of the molecule is Cc1oc(C(=O)O)cc1CNc1ccc(CC#N)cc1. The quantitative estimate of drug-likeness (QED) is 0.872. The number of hydrogen-bond acceptors (Lipinski definition) is 4. The van der Waals surface area contributed by atoms with E-state index in [1.165, 1.54) is 6.07 Å². The Morgan fingerprint density at radius 2 is 2.10 bits per heavy atom. The summed E-state index contributed by atoms with van der Waals surface area (Å²) in [6.45, 7) is 2.22. The Labute approximate surface area is 116 Å². The normalized spacial score (nSPS) is 10.0. The third kappa shape index (κ3) is 3.18. The number of carbonyl (C=O) groups is 1. The summed E-state index contributed by atoms with van der Waals surface area (Å²) in [4.78, 5) is 10.8. The van der Waals surface area contributed by atoms with Gasteiger partial charge in [0.1, 0.15) is 5.76 Å². The van der Waals surface area contributed by atoms with Gasteiger partial charge >= 0.3 is 5.97 Å². The summed E-state index contributed by atoms with van der Waals surface area (Å²) >= 11 is 0. The molecule has 0 aliphatic carbocycles. The largest absolute Gasteiger partial charge is 0.475 e. The highest BCUT2D eigenvalue weighted by atomic mass is 16.4. The molecule has 102 valence electrons. The molecule has 0 aliphatic heterocycles. The van der Waals surface area contributed by atoms with Crippen LogP contribution in [0, 0.1) is 18.3 Å². The summed E-state index contributed by atoms with van der Waals surface area (Å²) in [5.41, 5.74) is 2.68. The van der Waals surface area contributed by atoms with Crippen LogP contribution in [-0.2, 0) is 13.0 Å². The van der Waals surface area contributed by atoms with E-state index in [2.05, 4.69) is 11.4 Å². The van der Waals surface area contributed by atoms with Crippen LogP contribution in [0.4, 0.5) is 5.69 Å². The predicted octanol–water partition coefficient (Wildman–Crippen LogP) is 2.96. The number of furan rings is 1. The van der Waals surface area contributed by atoms with E-state index in [0.29, 0.717) is 18.7 Å². The van der Waals surface area contributed by atoms with Gasteiger partial charge in [0.25, 0.3) is 0 Å². The first-order valence-electron chi connectivity index (χ1n) is 6.12. The van der Waals surface area contributed by atoms with Crippen LogP contribution >= 0.6 is 0 Å². The molecule has 0 fully saturated rings. The van der Waals surface area contributed by atoms with Crippen LogP contribution in [0.5, 0.6) is 0 Å². The lowest BCUT2D eigenvalue weighted by Gasteiger charge is -2.05. The number of hydrogen-bond donors (Lipinski definition) is 2. The number of benzene rings is 1. The van der Waals surface area contributed by atoms with Gasteiger partial charge in [-0.15, -0.1) is 0 Å². The highest BCUT2D eigenvalue weighted by Gasteiger charge is 2.12. The van der Waals surface area contributed by atoms with E-state index in [9.17, 15) is 4.79 Å². The zero-order valence-electron chi connectivity index (χ0n) is 11.0. The van der Waals surface area contributed by atoms with Crippen LogP contribution in [-0.4, -0.2) is 11.1 Å². The average Bonchev–Trinajstić information content (AvgIpc) is 2.80. The molecule has 20 heavy (non-hydrogen) atoms. The Bertz CT molecular complexity index is 651. The highest BCUT2D eigenvalue weighted by Crippen LogP contribution is 2.17. The van der Waals surface area contributed by atoms with Crippen LogP contribution in [0.1, 0.15) is 27.4 Å².